The van der Waals surface area contributed by atoms with Crippen molar-refractivity contribution in [1.29, 1.82) is 0 Å². The van der Waals surface area contributed by atoms with Crippen molar-refractivity contribution >= 4 is 17.3 Å². The molecule has 92 valence electrons. The van der Waals surface area contributed by atoms with Crippen LogP contribution in [-0.2, 0) is 0 Å². The van der Waals surface area contributed by atoms with Crippen molar-refractivity contribution in [3.05, 3.63) is 34.9 Å². The van der Waals surface area contributed by atoms with Crippen molar-refractivity contribution in [3.63, 3.8) is 0 Å². The molecular formula is C13H11NO4. The van der Waals surface area contributed by atoms with E-state index < -0.39 is 0 Å². The van der Waals surface area contributed by atoms with E-state index in [1.54, 1.807) is 0 Å². The number of rotatable bonds is 3. The average Bonchev–Trinajstić information content (AvgIpc) is 3.00. The van der Waals surface area contributed by atoms with Crippen molar-refractivity contribution in [2.24, 2.45) is 0 Å². The lowest BCUT2D eigenvalue weighted by Gasteiger charge is -2.11. The van der Waals surface area contributed by atoms with Gasteiger partial charge < -0.3 is 9.73 Å². The Morgan fingerprint density at radius 2 is 2.11 bits per heavy atom. The van der Waals surface area contributed by atoms with Crippen LogP contribution in [0, 0.1) is 0 Å². The van der Waals surface area contributed by atoms with E-state index in [1.165, 1.54) is 19.1 Å². The molecule has 1 fully saturated rings. The first-order valence-corrected chi connectivity index (χ1v) is 5.78. The van der Waals surface area contributed by atoms with Crippen LogP contribution in [0.5, 0.6) is 0 Å². The molecule has 5 heteroatoms. The van der Waals surface area contributed by atoms with Gasteiger partial charge in [-0.25, -0.2) is 0 Å². The topological polar surface area (TPSA) is 76.4 Å². The van der Waals surface area contributed by atoms with Crippen molar-refractivity contribution in [2.75, 3.05) is 0 Å². The number of hydrogen-bond donors (Lipinski definition) is 1. The van der Waals surface area contributed by atoms with E-state index >= 15 is 0 Å². The van der Waals surface area contributed by atoms with Gasteiger partial charge in [0.15, 0.2) is 23.1 Å². The van der Waals surface area contributed by atoms with Crippen LogP contribution in [0.4, 0.5) is 0 Å². The number of hydrogen-bond acceptors (Lipinski definition) is 5. The van der Waals surface area contributed by atoms with Gasteiger partial charge in [-0.05, 0) is 18.9 Å². The molecule has 0 aromatic carbocycles. The summed E-state index contributed by atoms with van der Waals surface area (Å²) in [6.07, 6.45) is 3.29. The third-order valence-electron chi connectivity index (χ3n) is 3.01. The highest BCUT2D eigenvalue weighted by Crippen LogP contribution is 2.27. The van der Waals surface area contributed by atoms with Crippen LogP contribution in [0.1, 0.15) is 51.2 Å². The maximum atomic E-state index is 12.1. The molecule has 0 atom stereocenters. The number of carbonyl (C=O) groups is 3. The molecule has 0 spiro atoms. The summed E-state index contributed by atoms with van der Waals surface area (Å²) in [5.41, 5.74) is 0.436. The van der Waals surface area contributed by atoms with Gasteiger partial charge in [-0.2, -0.15) is 0 Å². The van der Waals surface area contributed by atoms with E-state index in [0.29, 0.717) is 0 Å². The molecule has 0 bridgehead atoms. The van der Waals surface area contributed by atoms with Gasteiger partial charge in [-0.15, -0.1) is 0 Å². The molecule has 1 heterocycles. The zero-order valence-corrected chi connectivity index (χ0v) is 9.78. The van der Waals surface area contributed by atoms with Crippen LogP contribution in [0.2, 0.25) is 0 Å². The molecular weight excluding hydrogens is 234 g/mol. The van der Waals surface area contributed by atoms with Gasteiger partial charge in [-0.3, -0.25) is 14.4 Å². The summed E-state index contributed by atoms with van der Waals surface area (Å²) in [6, 6.07) is 1.61. The molecule has 1 aromatic heterocycles. The second-order valence-electron chi connectivity index (χ2n) is 4.58. The van der Waals surface area contributed by atoms with Crippen molar-refractivity contribution < 1.29 is 18.8 Å². The lowest BCUT2D eigenvalue weighted by Crippen LogP contribution is -2.27. The Morgan fingerprint density at radius 1 is 1.39 bits per heavy atom. The Bertz CT molecular complexity index is 605. The largest absolute Gasteiger partial charge is 0.449 e. The molecule has 0 radical (unpaired) electrons. The summed E-state index contributed by atoms with van der Waals surface area (Å²) >= 11 is 0. The Kier molecular flexibility index (Phi) is 2.23. The number of ketones is 3. The van der Waals surface area contributed by atoms with E-state index in [4.69, 9.17) is 4.42 Å². The Morgan fingerprint density at radius 3 is 2.72 bits per heavy atom. The van der Waals surface area contributed by atoms with E-state index in [2.05, 4.69) is 5.32 Å². The van der Waals surface area contributed by atoms with Gasteiger partial charge in [0.25, 0.3) is 0 Å². The normalized spacial score (nSPS) is 18.4. The summed E-state index contributed by atoms with van der Waals surface area (Å²) in [7, 11) is 0. The van der Waals surface area contributed by atoms with Gasteiger partial charge in [0.1, 0.15) is 0 Å². The maximum absolute atomic E-state index is 12.1. The lowest BCUT2D eigenvalue weighted by molar-refractivity contribution is 0.0944. The van der Waals surface area contributed by atoms with Crippen LogP contribution < -0.4 is 5.32 Å². The fourth-order valence-corrected chi connectivity index (χ4v) is 1.87. The summed E-state index contributed by atoms with van der Waals surface area (Å²) in [6.45, 7) is 1.33. The summed E-state index contributed by atoms with van der Waals surface area (Å²) in [5, 5.41) is 3.00. The molecule has 1 saturated carbocycles. The molecule has 0 saturated heterocycles. The zero-order chi connectivity index (χ0) is 12.9. The monoisotopic (exact) mass is 245 g/mol. The van der Waals surface area contributed by atoms with Crippen LogP contribution in [0.15, 0.2) is 22.3 Å². The van der Waals surface area contributed by atoms with Crippen LogP contribution in [-0.4, -0.2) is 23.4 Å². The first-order chi connectivity index (χ1) is 8.56. The predicted molar refractivity (Wildman–Crippen MR) is 61.6 cm³/mol. The summed E-state index contributed by atoms with van der Waals surface area (Å²) in [4.78, 5) is 35.1. The molecule has 1 aromatic rings. The van der Waals surface area contributed by atoms with Crippen molar-refractivity contribution in [3.8, 4) is 0 Å². The number of carbonyl (C=O) groups excluding carboxylic acids is 3. The molecule has 5 nitrogen and oxygen atoms in total. The number of furan rings is 1. The third-order valence-corrected chi connectivity index (χ3v) is 3.01. The van der Waals surface area contributed by atoms with Crippen LogP contribution in [0.3, 0.4) is 0 Å². The Labute approximate surface area is 103 Å². The van der Waals surface area contributed by atoms with Gasteiger partial charge >= 0.3 is 0 Å². The molecule has 0 amide bonds. The highest BCUT2D eigenvalue weighted by Gasteiger charge is 2.33. The summed E-state index contributed by atoms with van der Waals surface area (Å²) < 4.78 is 5.18. The fourth-order valence-electron chi connectivity index (χ4n) is 1.87. The standard InChI is InChI=1S/C13H11NO4/c1-6(15)11-4-8-10(16)5-9(14-7-2-3-7)12(17)13(8)18-11/h4-5,7,14H,2-3H2,1H3. The summed E-state index contributed by atoms with van der Waals surface area (Å²) in [5.74, 6) is -0.951. The lowest BCUT2D eigenvalue weighted by atomic mass is 10.00. The minimum atomic E-state index is -0.357. The SMILES string of the molecule is CC(=O)c1cc2c(o1)C(=O)C(NC1CC1)=CC2=O. The molecule has 3 rings (SSSR count). The molecule has 1 N–H and O–H groups in total. The minimum absolute atomic E-state index is 0.0316. The first kappa shape index (κ1) is 11.0. The number of Topliss-reactive ketones (excluding diaryl/α,β-unsaturated/α-hetero) is 2. The smallest absolute Gasteiger partial charge is 0.244 e. The predicted octanol–water partition coefficient (Wildman–Crippen LogP) is 1.50. The Hall–Kier alpha value is -2.17. The average molecular weight is 245 g/mol. The number of fused-ring (bicyclic) bond motifs is 1. The highest BCUT2D eigenvalue weighted by atomic mass is 16.4. The van der Waals surface area contributed by atoms with Gasteiger partial charge in [-0.1, -0.05) is 0 Å². The molecule has 0 aliphatic heterocycles. The van der Waals surface area contributed by atoms with Gasteiger partial charge in [0.05, 0.1) is 11.3 Å². The van der Waals surface area contributed by atoms with Crippen molar-refractivity contribution in [2.45, 2.75) is 25.8 Å². The van der Waals surface area contributed by atoms with Crippen molar-refractivity contribution in [1.82, 2.24) is 5.32 Å². The molecule has 2 aliphatic carbocycles. The van der Waals surface area contributed by atoms with E-state index in [9.17, 15) is 14.4 Å². The van der Waals surface area contributed by atoms with Crippen LogP contribution in [0.25, 0.3) is 0 Å². The highest BCUT2D eigenvalue weighted by molar-refractivity contribution is 6.23. The molecule has 18 heavy (non-hydrogen) atoms. The van der Waals surface area contributed by atoms with E-state index in [0.717, 1.165) is 12.8 Å². The maximum Gasteiger partial charge on any atom is 0.244 e. The number of nitrogens with one attached hydrogen (secondary N) is 1. The van der Waals surface area contributed by atoms with Gasteiger partial charge in [0.2, 0.25) is 5.78 Å². The van der Waals surface area contributed by atoms with E-state index in [-0.39, 0.29) is 46.2 Å². The molecule has 2 aliphatic rings. The van der Waals surface area contributed by atoms with Crippen LogP contribution >= 0.6 is 0 Å². The minimum Gasteiger partial charge on any atom is -0.449 e. The quantitative estimate of drug-likeness (QED) is 0.816. The first-order valence-electron chi connectivity index (χ1n) is 5.78. The zero-order valence-electron chi connectivity index (χ0n) is 9.78. The number of allylic oxidation sites excluding steroid dienone is 2. The fraction of sp³-hybridized carbons (Fsp3) is 0.308. The third kappa shape index (κ3) is 1.68. The van der Waals surface area contributed by atoms with Gasteiger partial charge in [0, 0.05) is 19.0 Å². The second-order valence-corrected chi connectivity index (χ2v) is 4.58. The van der Waals surface area contributed by atoms with E-state index in [1.807, 2.05) is 0 Å². The molecule has 0 unspecified atom stereocenters. The second kappa shape index (κ2) is 3.66. The Balaban J connectivity index is 1.99.